The molecule has 0 aromatic heterocycles. The number of hydrogen-bond donors (Lipinski definition) is 0. The fourth-order valence-electron chi connectivity index (χ4n) is 0.992. The monoisotopic (exact) mass is 385 g/mol. The van der Waals surface area contributed by atoms with E-state index in [0.29, 0.717) is 24.3 Å². The number of phosphoric ester groups is 1. The van der Waals surface area contributed by atoms with Gasteiger partial charge in [0, 0.05) is 25.2 Å². The first-order valence-electron chi connectivity index (χ1n) is 6.48. The van der Waals surface area contributed by atoms with Gasteiger partial charge in [-0.25, -0.2) is 0 Å². The van der Waals surface area contributed by atoms with E-state index in [4.69, 9.17) is 4.74 Å². The molecule has 0 aliphatic carbocycles. The van der Waals surface area contributed by atoms with Crippen LogP contribution < -0.4 is 4.89 Å². The van der Waals surface area contributed by atoms with Gasteiger partial charge in [-0.3, -0.25) is 4.57 Å². The highest BCUT2D eigenvalue weighted by Gasteiger charge is 2.48. The highest BCUT2D eigenvalue weighted by atomic mass is 33.1. The van der Waals surface area contributed by atoms with Gasteiger partial charge in [0.25, 0.3) is 7.82 Å². The van der Waals surface area contributed by atoms with Crippen LogP contribution in [0.15, 0.2) is 0 Å². The zero-order chi connectivity index (χ0) is 17.3. The van der Waals surface area contributed by atoms with Gasteiger partial charge in [-0.05, 0) is 26.7 Å². The van der Waals surface area contributed by atoms with Crippen molar-refractivity contribution in [3.05, 3.63) is 0 Å². The van der Waals surface area contributed by atoms with Gasteiger partial charge < -0.3 is 18.7 Å². The summed E-state index contributed by atoms with van der Waals surface area (Å²) in [6.45, 7) is 2.09. The molecule has 0 amide bonds. The number of phosphoric acid groups is 1. The molecule has 0 aliphatic heterocycles. The molecule has 0 saturated carbocycles. The largest absolute Gasteiger partial charge is 0.756 e. The highest BCUT2D eigenvalue weighted by molar-refractivity contribution is 8.76. The minimum absolute atomic E-state index is 0.0381. The molecule has 0 rings (SSSR count). The summed E-state index contributed by atoms with van der Waals surface area (Å²) in [6, 6.07) is 0. The van der Waals surface area contributed by atoms with Crippen molar-refractivity contribution in [2.24, 2.45) is 0 Å². The summed E-state index contributed by atoms with van der Waals surface area (Å²) in [5, 5.41) is 0. The summed E-state index contributed by atoms with van der Waals surface area (Å²) in [5.74, 6) is 1.32. The second-order valence-electron chi connectivity index (χ2n) is 4.67. The van der Waals surface area contributed by atoms with Crippen LogP contribution in [0.25, 0.3) is 0 Å². The first kappa shape index (κ1) is 22.6. The summed E-state index contributed by atoms with van der Waals surface area (Å²) in [7, 11) is -0.122. The summed E-state index contributed by atoms with van der Waals surface area (Å²) in [5.41, 5.74) is -2.13. The van der Waals surface area contributed by atoms with Crippen molar-refractivity contribution in [2.75, 3.05) is 31.8 Å². The summed E-state index contributed by atoms with van der Waals surface area (Å²) < 4.78 is 61.8. The normalized spacial score (nSPS) is 15.8. The minimum atomic E-state index is -4.38. The van der Waals surface area contributed by atoms with Crippen LogP contribution in [0.3, 0.4) is 0 Å². The Hall–Kier alpha value is 0.560. The fraction of sp³-hybridized carbons (Fsp3) is 1.00. The van der Waals surface area contributed by atoms with E-state index in [1.807, 2.05) is 0 Å². The number of alkyl halides is 3. The molecule has 22 heavy (non-hydrogen) atoms. The molecule has 0 aliphatic rings. The topological polar surface area (TPSA) is 67.8 Å². The van der Waals surface area contributed by atoms with Gasteiger partial charge >= 0.3 is 6.18 Å². The third-order valence-electron chi connectivity index (χ3n) is 2.45. The average Bonchev–Trinajstić information content (AvgIpc) is 2.39. The maximum atomic E-state index is 12.5. The second kappa shape index (κ2) is 10.4. The lowest BCUT2D eigenvalue weighted by atomic mass is 10.1. The van der Waals surface area contributed by atoms with Gasteiger partial charge in [-0.1, -0.05) is 21.6 Å². The molecule has 11 heteroatoms. The van der Waals surface area contributed by atoms with E-state index in [2.05, 4.69) is 9.05 Å². The Bertz CT molecular complexity index is 355. The maximum absolute atomic E-state index is 12.5. The molecule has 0 heterocycles. The van der Waals surface area contributed by atoms with E-state index in [1.54, 1.807) is 0 Å². The van der Waals surface area contributed by atoms with E-state index in [1.165, 1.54) is 21.6 Å². The van der Waals surface area contributed by atoms with Crippen LogP contribution in [-0.2, 0) is 18.3 Å². The molecule has 134 valence electrons. The fourth-order valence-corrected chi connectivity index (χ4v) is 3.57. The standard InChI is InChI=1S/C11H22F3O5PS2/c1-10(2,11(12,13)14)18-6-4-8-21-22-9-5-7-19-20(15,16)17-3/h4-9H2,1-3H3,(H,15,16)/p-1. The molecule has 0 aromatic carbocycles. The first-order chi connectivity index (χ1) is 10.0. The lowest BCUT2D eigenvalue weighted by molar-refractivity contribution is -0.263. The van der Waals surface area contributed by atoms with Crippen molar-refractivity contribution in [1.29, 1.82) is 0 Å². The SMILES string of the molecule is COP(=O)([O-])OCCCSSCCCOC(C)(C)C(F)(F)F. The number of hydrogen-bond acceptors (Lipinski definition) is 7. The van der Waals surface area contributed by atoms with Gasteiger partial charge in [0.05, 0.1) is 6.61 Å². The van der Waals surface area contributed by atoms with Crippen LogP contribution in [0.1, 0.15) is 26.7 Å². The number of rotatable bonds is 12. The van der Waals surface area contributed by atoms with Gasteiger partial charge in [0.1, 0.15) is 0 Å². The van der Waals surface area contributed by atoms with E-state index >= 15 is 0 Å². The molecule has 5 nitrogen and oxygen atoms in total. The van der Waals surface area contributed by atoms with Crippen LogP contribution in [0.5, 0.6) is 0 Å². The molecule has 0 spiro atoms. The summed E-state index contributed by atoms with van der Waals surface area (Å²) in [6.07, 6.45) is -3.34. The Labute approximate surface area is 136 Å². The Morgan fingerprint density at radius 2 is 1.59 bits per heavy atom. The van der Waals surface area contributed by atoms with Crippen LogP contribution >= 0.6 is 29.4 Å². The zero-order valence-electron chi connectivity index (χ0n) is 12.7. The van der Waals surface area contributed by atoms with Crippen LogP contribution in [0.2, 0.25) is 0 Å². The van der Waals surface area contributed by atoms with E-state index < -0.39 is 19.6 Å². The summed E-state index contributed by atoms with van der Waals surface area (Å²) in [4.78, 5) is 10.8. The molecule has 0 aromatic rings. The lowest BCUT2D eigenvalue weighted by Crippen LogP contribution is -2.42. The van der Waals surface area contributed by atoms with Crippen molar-refractivity contribution in [3.8, 4) is 0 Å². The van der Waals surface area contributed by atoms with Crippen molar-refractivity contribution in [1.82, 2.24) is 0 Å². The van der Waals surface area contributed by atoms with Crippen LogP contribution in [-0.4, -0.2) is 43.6 Å². The van der Waals surface area contributed by atoms with E-state index in [0.717, 1.165) is 21.0 Å². The third-order valence-corrected chi connectivity index (χ3v) is 5.97. The second-order valence-corrected chi connectivity index (χ2v) is 8.89. The molecular weight excluding hydrogens is 364 g/mol. The molecule has 0 radical (unpaired) electrons. The van der Waals surface area contributed by atoms with Crippen molar-refractivity contribution < 1.29 is 36.4 Å². The van der Waals surface area contributed by atoms with Crippen molar-refractivity contribution in [3.63, 3.8) is 0 Å². The Kier molecular flexibility index (Phi) is 10.7. The Morgan fingerprint density at radius 3 is 2.05 bits per heavy atom. The van der Waals surface area contributed by atoms with Crippen molar-refractivity contribution in [2.45, 2.75) is 38.5 Å². The molecule has 1 unspecified atom stereocenters. The first-order valence-corrected chi connectivity index (χ1v) is 10.4. The van der Waals surface area contributed by atoms with Crippen molar-refractivity contribution >= 4 is 29.4 Å². The predicted molar refractivity (Wildman–Crippen MR) is 80.8 cm³/mol. The zero-order valence-corrected chi connectivity index (χ0v) is 15.2. The maximum Gasteiger partial charge on any atom is 0.416 e. The quantitative estimate of drug-likeness (QED) is 0.289. The molecule has 0 bridgehead atoms. The van der Waals surface area contributed by atoms with Crippen LogP contribution in [0, 0.1) is 0 Å². The lowest BCUT2D eigenvalue weighted by Gasteiger charge is -2.27. The molecular formula is C11H21F3O5PS2-. The van der Waals surface area contributed by atoms with E-state index in [9.17, 15) is 22.6 Å². The molecule has 0 saturated heterocycles. The van der Waals surface area contributed by atoms with Crippen LogP contribution in [0.4, 0.5) is 13.2 Å². The molecule has 0 N–H and O–H groups in total. The minimum Gasteiger partial charge on any atom is -0.756 e. The van der Waals surface area contributed by atoms with Gasteiger partial charge in [-0.2, -0.15) is 13.2 Å². The van der Waals surface area contributed by atoms with Gasteiger partial charge in [-0.15, -0.1) is 0 Å². The third kappa shape index (κ3) is 10.4. The Balaban J connectivity index is 3.47. The van der Waals surface area contributed by atoms with Gasteiger partial charge in [0.15, 0.2) is 5.60 Å². The van der Waals surface area contributed by atoms with E-state index in [-0.39, 0.29) is 13.2 Å². The number of ether oxygens (including phenoxy) is 1. The summed E-state index contributed by atoms with van der Waals surface area (Å²) >= 11 is 0. The molecule has 1 atom stereocenters. The predicted octanol–water partition coefficient (Wildman–Crippen LogP) is 3.64. The smallest absolute Gasteiger partial charge is 0.416 e. The molecule has 0 fully saturated rings. The highest BCUT2D eigenvalue weighted by Crippen LogP contribution is 2.37. The average molecular weight is 385 g/mol. The Morgan fingerprint density at radius 1 is 1.09 bits per heavy atom. The van der Waals surface area contributed by atoms with Gasteiger partial charge in [0.2, 0.25) is 0 Å². The number of halogens is 3.